The van der Waals surface area contributed by atoms with Crippen molar-refractivity contribution in [2.24, 2.45) is 0 Å². The van der Waals surface area contributed by atoms with Gasteiger partial charge < -0.3 is 10.1 Å². The maximum absolute atomic E-state index is 6.08. The Bertz CT molecular complexity index is 456. The van der Waals surface area contributed by atoms with Crippen molar-refractivity contribution < 1.29 is 4.74 Å². The topological polar surface area (TPSA) is 21.3 Å². The van der Waals surface area contributed by atoms with E-state index in [1.165, 1.54) is 5.56 Å². The highest BCUT2D eigenvalue weighted by molar-refractivity contribution is 7.07. The van der Waals surface area contributed by atoms with Gasteiger partial charge in [-0.2, -0.15) is 11.3 Å². The Kier molecular flexibility index (Phi) is 3.70. The number of methoxy groups -OCH3 is 1. The molecule has 0 saturated heterocycles. The van der Waals surface area contributed by atoms with Gasteiger partial charge in [0.15, 0.2) is 0 Å². The fourth-order valence-electron chi connectivity index (χ4n) is 1.36. The molecular formula is C12H12ClNOS. The van der Waals surface area contributed by atoms with Gasteiger partial charge in [0.1, 0.15) is 5.75 Å². The van der Waals surface area contributed by atoms with Crippen LogP contribution in [0.3, 0.4) is 0 Å². The van der Waals surface area contributed by atoms with Gasteiger partial charge in [-0.05, 0) is 34.5 Å². The zero-order chi connectivity index (χ0) is 11.4. The second-order valence-corrected chi connectivity index (χ2v) is 4.52. The second-order valence-electron chi connectivity index (χ2n) is 3.33. The van der Waals surface area contributed by atoms with Crippen LogP contribution in [-0.4, -0.2) is 7.11 Å². The van der Waals surface area contributed by atoms with Crippen LogP contribution in [0.2, 0.25) is 5.02 Å². The summed E-state index contributed by atoms with van der Waals surface area (Å²) in [5.74, 6) is 0.803. The Morgan fingerprint density at radius 2 is 2.25 bits per heavy atom. The molecule has 1 heterocycles. The van der Waals surface area contributed by atoms with E-state index in [1.54, 1.807) is 18.4 Å². The molecule has 16 heavy (non-hydrogen) atoms. The molecule has 0 amide bonds. The largest absolute Gasteiger partial charge is 0.497 e. The number of hydrogen-bond acceptors (Lipinski definition) is 3. The Morgan fingerprint density at radius 1 is 1.38 bits per heavy atom. The molecule has 2 aromatic rings. The van der Waals surface area contributed by atoms with E-state index in [4.69, 9.17) is 16.3 Å². The van der Waals surface area contributed by atoms with E-state index in [0.717, 1.165) is 18.0 Å². The van der Waals surface area contributed by atoms with Crippen molar-refractivity contribution in [3.8, 4) is 5.75 Å². The van der Waals surface area contributed by atoms with Crippen LogP contribution < -0.4 is 10.1 Å². The first-order chi connectivity index (χ1) is 7.79. The second kappa shape index (κ2) is 5.23. The van der Waals surface area contributed by atoms with Crippen molar-refractivity contribution in [1.29, 1.82) is 0 Å². The highest BCUT2D eigenvalue weighted by Crippen LogP contribution is 2.27. The van der Waals surface area contributed by atoms with Crippen LogP contribution in [-0.2, 0) is 6.54 Å². The van der Waals surface area contributed by atoms with Gasteiger partial charge in [-0.15, -0.1) is 0 Å². The van der Waals surface area contributed by atoms with Gasteiger partial charge in [0.25, 0.3) is 0 Å². The van der Waals surface area contributed by atoms with Crippen LogP contribution in [0.25, 0.3) is 0 Å². The molecule has 0 aliphatic rings. The minimum Gasteiger partial charge on any atom is -0.497 e. The number of thiophene rings is 1. The summed E-state index contributed by atoms with van der Waals surface area (Å²) in [5, 5.41) is 8.16. The van der Waals surface area contributed by atoms with E-state index in [1.807, 2.05) is 18.2 Å². The van der Waals surface area contributed by atoms with E-state index < -0.39 is 0 Å². The molecule has 0 fully saturated rings. The highest BCUT2D eigenvalue weighted by Gasteiger charge is 2.02. The minimum atomic E-state index is 0.705. The minimum absolute atomic E-state index is 0.705. The zero-order valence-corrected chi connectivity index (χ0v) is 10.4. The van der Waals surface area contributed by atoms with Crippen LogP contribution in [0.15, 0.2) is 35.0 Å². The quantitative estimate of drug-likeness (QED) is 0.889. The van der Waals surface area contributed by atoms with E-state index in [9.17, 15) is 0 Å². The average Bonchev–Trinajstić information content (AvgIpc) is 2.81. The Balaban J connectivity index is 2.08. The number of ether oxygens (including phenoxy) is 1. The van der Waals surface area contributed by atoms with Crippen molar-refractivity contribution in [2.45, 2.75) is 6.54 Å². The first-order valence-electron chi connectivity index (χ1n) is 4.88. The van der Waals surface area contributed by atoms with Crippen LogP contribution in [0.1, 0.15) is 5.56 Å². The van der Waals surface area contributed by atoms with Crippen LogP contribution >= 0.6 is 22.9 Å². The number of nitrogens with one attached hydrogen (secondary N) is 1. The molecule has 0 saturated carbocycles. The summed E-state index contributed by atoms with van der Waals surface area (Å²) >= 11 is 7.77. The summed E-state index contributed by atoms with van der Waals surface area (Å²) < 4.78 is 5.15. The first kappa shape index (κ1) is 11.3. The monoisotopic (exact) mass is 253 g/mol. The summed E-state index contributed by atoms with van der Waals surface area (Å²) in [6, 6.07) is 7.66. The number of hydrogen-bond donors (Lipinski definition) is 1. The predicted octanol–water partition coefficient (Wildman–Crippen LogP) is 4.02. The van der Waals surface area contributed by atoms with Gasteiger partial charge >= 0.3 is 0 Å². The fourth-order valence-corrected chi connectivity index (χ4v) is 2.21. The Labute approximate surface area is 104 Å². The lowest BCUT2D eigenvalue weighted by atomic mass is 10.2. The summed E-state index contributed by atoms with van der Waals surface area (Å²) in [7, 11) is 1.64. The molecule has 84 valence electrons. The molecule has 2 rings (SSSR count). The Hall–Kier alpha value is -1.19. The van der Waals surface area contributed by atoms with Crippen molar-refractivity contribution >= 4 is 28.6 Å². The standard InChI is InChI=1S/C12H12ClNOS/c1-15-10-2-3-11(13)12(6-10)14-7-9-4-5-16-8-9/h2-6,8,14H,7H2,1H3. The van der Waals surface area contributed by atoms with E-state index in [0.29, 0.717) is 5.02 Å². The van der Waals surface area contributed by atoms with Crippen molar-refractivity contribution in [3.63, 3.8) is 0 Å². The number of benzene rings is 1. The SMILES string of the molecule is COc1ccc(Cl)c(NCc2ccsc2)c1. The van der Waals surface area contributed by atoms with E-state index in [-0.39, 0.29) is 0 Å². The van der Waals surface area contributed by atoms with E-state index >= 15 is 0 Å². The third-order valence-corrected chi connectivity index (χ3v) is 3.30. The number of halogens is 1. The molecule has 0 bridgehead atoms. The molecule has 1 N–H and O–H groups in total. The van der Waals surface area contributed by atoms with Crippen LogP contribution in [0.5, 0.6) is 5.75 Å². The number of anilines is 1. The maximum Gasteiger partial charge on any atom is 0.121 e. The third-order valence-electron chi connectivity index (χ3n) is 2.24. The van der Waals surface area contributed by atoms with Crippen LogP contribution in [0.4, 0.5) is 5.69 Å². The summed E-state index contributed by atoms with van der Waals surface area (Å²) in [6.45, 7) is 0.774. The molecule has 0 unspecified atom stereocenters. The lowest BCUT2D eigenvalue weighted by Crippen LogP contribution is -1.99. The maximum atomic E-state index is 6.08. The molecule has 0 spiro atoms. The lowest BCUT2D eigenvalue weighted by Gasteiger charge is -2.09. The molecule has 0 aliphatic heterocycles. The normalized spacial score (nSPS) is 10.1. The van der Waals surface area contributed by atoms with Crippen LogP contribution in [0, 0.1) is 0 Å². The van der Waals surface area contributed by atoms with Gasteiger partial charge in [0.05, 0.1) is 17.8 Å². The molecule has 1 aromatic heterocycles. The third kappa shape index (κ3) is 2.68. The molecule has 4 heteroatoms. The molecular weight excluding hydrogens is 242 g/mol. The van der Waals surface area contributed by atoms with Gasteiger partial charge in [0.2, 0.25) is 0 Å². The van der Waals surface area contributed by atoms with Gasteiger partial charge in [-0.1, -0.05) is 11.6 Å². The molecule has 0 atom stereocenters. The van der Waals surface area contributed by atoms with Crippen molar-refractivity contribution in [3.05, 3.63) is 45.6 Å². The smallest absolute Gasteiger partial charge is 0.121 e. The summed E-state index contributed by atoms with van der Waals surface area (Å²) in [6.07, 6.45) is 0. The summed E-state index contributed by atoms with van der Waals surface area (Å²) in [4.78, 5) is 0. The predicted molar refractivity (Wildman–Crippen MR) is 69.6 cm³/mol. The number of rotatable bonds is 4. The Morgan fingerprint density at radius 3 is 2.94 bits per heavy atom. The molecule has 1 aromatic carbocycles. The average molecular weight is 254 g/mol. The van der Waals surface area contributed by atoms with Gasteiger partial charge in [-0.25, -0.2) is 0 Å². The van der Waals surface area contributed by atoms with Gasteiger partial charge in [0, 0.05) is 12.6 Å². The van der Waals surface area contributed by atoms with E-state index in [2.05, 4.69) is 22.1 Å². The molecule has 2 nitrogen and oxygen atoms in total. The van der Waals surface area contributed by atoms with Crippen molar-refractivity contribution in [2.75, 3.05) is 12.4 Å². The molecule has 0 aliphatic carbocycles. The first-order valence-corrected chi connectivity index (χ1v) is 6.20. The van der Waals surface area contributed by atoms with Gasteiger partial charge in [-0.3, -0.25) is 0 Å². The fraction of sp³-hybridized carbons (Fsp3) is 0.167. The van der Waals surface area contributed by atoms with Crippen molar-refractivity contribution in [1.82, 2.24) is 0 Å². The lowest BCUT2D eigenvalue weighted by molar-refractivity contribution is 0.415. The molecule has 0 radical (unpaired) electrons. The highest BCUT2D eigenvalue weighted by atomic mass is 35.5. The summed E-state index contributed by atoms with van der Waals surface area (Å²) in [5.41, 5.74) is 2.15. The zero-order valence-electron chi connectivity index (χ0n) is 8.87.